The van der Waals surface area contributed by atoms with E-state index in [1.54, 1.807) is 0 Å². The first kappa shape index (κ1) is 13.3. The van der Waals surface area contributed by atoms with Gasteiger partial charge in [0.25, 0.3) is 0 Å². The van der Waals surface area contributed by atoms with E-state index in [2.05, 4.69) is 5.32 Å². The van der Waals surface area contributed by atoms with Crippen molar-refractivity contribution in [3.8, 4) is 0 Å². The SMILES string of the molecule is Cl.Fc1cc(F)c([C@@H]2COCCN2)c(F)c1. The monoisotopic (exact) mass is 253 g/mol. The third kappa shape index (κ3) is 2.66. The lowest BCUT2D eigenvalue weighted by molar-refractivity contribution is 0.0744. The molecule has 1 fully saturated rings. The maximum absolute atomic E-state index is 13.3. The van der Waals surface area contributed by atoms with Gasteiger partial charge in [0, 0.05) is 24.2 Å². The smallest absolute Gasteiger partial charge is 0.133 e. The molecule has 2 nitrogen and oxygen atoms in total. The van der Waals surface area contributed by atoms with Crippen LogP contribution in [0.4, 0.5) is 13.2 Å². The van der Waals surface area contributed by atoms with Crippen LogP contribution < -0.4 is 5.32 Å². The largest absolute Gasteiger partial charge is 0.378 e. The van der Waals surface area contributed by atoms with Crippen LogP contribution in [0.2, 0.25) is 0 Å². The fourth-order valence-corrected chi connectivity index (χ4v) is 1.64. The van der Waals surface area contributed by atoms with E-state index < -0.39 is 23.5 Å². The molecular formula is C10H11ClF3NO. The molecule has 0 saturated carbocycles. The summed E-state index contributed by atoms with van der Waals surface area (Å²) < 4.78 is 44.4. The molecule has 16 heavy (non-hydrogen) atoms. The van der Waals surface area contributed by atoms with E-state index in [-0.39, 0.29) is 24.6 Å². The van der Waals surface area contributed by atoms with Gasteiger partial charge in [0.1, 0.15) is 17.5 Å². The minimum Gasteiger partial charge on any atom is -0.378 e. The molecule has 6 heteroatoms. The topological polar surface area (TPSA) is 21.3 Å². The average Bonchev–Trinajstić information content (AvgIpc) is 2.17. The zero-order chi connectivity index (χ0) is 10.8. The first-order valence-electron chi connectivity index (χ1n) is 4.64. The van der Waals surface area contributed by atoms with Gasteiger partial charge in [0.05, 0.1) is 19.3 Å². The highest BCUT2D eigenvalue weighted by Gasteiger charge is 2.23. The van der Waals surface area contributed by atoms with Crippen LogP contribution in [0.1, 0.15) is 11.6 Å². The molecule has 0 spiro atoms. The van der Waals surface area contributed by atoms with Gasteiger partial charge in [0.2, 0.25) is 0 Å². The summed E-state index contributed by atoms with van der Waals surface area (Å²) in [4.78, 5) is 0. The zero-order valence-electron chi connectivity index (χ0n) is 8.30. The molecule has 0 unspecified atom stereocenters. The molecule has 1 saturated heterocycles. The molecule has 90 valence electrons. The van der Waals surface area contributed by atoms with Crippen molar-refractivity contribution in [3.63, 3.8) is 0 Å². The quantitative estimate of drug-likeness (QED) is 0.828. The molecule has 2 rings (SSSR count). The van der Waals surface area contributed by atoms with Gasteiger partial charge >= 0.3 is 0 Å². The van der Waals surface area contributed by atoms with Gasteiger partial charge in [0.15, 0.2) is 0 Å². The third-order valence-corrected chi connectivity index (χ3v) is 2.31. The standard InChI is InChI=1S/C10H10F3NO.ClH/c11-6-3-7(12)10(8(13)4-6)9-5-15-2-1-14-9;/h3-4,9,14H,1-2,5H2;1H/t9-;/m0./s1. The van der Waals surface area contributed by atoms with Crippen LogP contribution in [-0.2, 0) is 4.74 Å². The van der Waals surface area contributed by atoms with Gasteiger partial charge in [-0.15, -0.1) is 12.4 Å². The van der Waals surface area contributed by atoms with Crippen molar-refractivity contribution in [2.24, 2.45) is 0 Å². The third-order valence-electron chi connectivity index (χ3n) is 2.31. The molecule has 1 heterocycles. The second kappa shape index (κ2) is 5.52. The Morgan fingerprint density at radius 2 is 1.81 bits per heavy atom. The highest BCUT2D eigenvalue weighted by Crippen LogP contribution is 2.23. The predicted octanol–water partition coefficient (Wildman–Crippen LogP) is 2.19. The normalized spacial score (nSPS) is 20.3. The van der Waals surface area contributed by atoms with Crippen LogP contribution in [-0.4, -0.2) is 19.8 Å². The van der Waals surface area contributed by atoms with Crippen molar-refractivity contribution in [1.82, 2.24) is 5.32 Å². The summed E-state index contributed by atoms with van der Waals surface area (Å²) in [6.07, 6.45) is 0. The van der Waals surface area contributed by atoms with Crippen LogP contribution in [0.5, 0.6) is 0 Å². The lowest BCUT2D eigenvalue weighted by atomic mass is 10.1. The molecule has 0 aliphatic carbocycles. The Bertz CT molecular complexity index is 346. The highest BCUT2D eigenvalue weighted by molar-refractivity contribution is 5.85. The van der Waals surface area contributed by atoms with E-state index >= 15 is 0 Å². The number of morpholine rings is 1. The first-order chi connectivity index (χ1) is 7.18. The van der Waals surface area contributed by atoms with Crippen LogP contribution in [0.15, 0.2) is 12.1 Å². The van der Waals surface area contributed by atoms with E-state index in [4.69, 9.17) is 4.74 Å². The summed E-state index contributed by atoms with van der Waals surface area (Å²) in [7, 11) is 0. The van der Waals surface area contributed by atoms with Gasteiger partial charge in [-0.2, -0.15) is 0 Å². The van der Waals surface area contributed by atoms with Crippen LogP contribution >= 0.6 is 12.4 Å². The van der Waals surface area contributed by atoms with Gasteiger partial charge in [-0.3, -0.25) is 0 Å². The van der Waals surface area contributed by atoms with Gasteiger partial charge in [-0.1, -0.05) is 0 Å². The summed E-state index contributed by atoms with van der Waals surface area (Å²) in [5, 5.41) is 2.91. The summed E-state index contributed by atoms with van der Waals surface area (Å²) in [5.41, 5.74) is -0.156. The summed E-state index contributed by atoms with van der Waals surface area (Å²) in [5.74, 6) is -2.67. The van der Waals surface area contributed by atoms with Crippen molar-refractivity contribution >= 4 is 12.4 Å². The number of rotatable bonds is 1. The highest BCUT2D eigenvalue weighted by atomic mass is 35.5. The molecule has 1 aromatic rings. The molecule has 1 aliphatic heterocycles. The number of halogens is 4. The predicted molar refractivity (Wildman–Crippen MR) is 55.1 cm³/mol. The Hall–Kier alpha value is -0.780. The second-order valence-electron chi connectivity index (χ2n) is 3.36. The lowest BCUT2D eigenvalue weighted by Gasteiger charge is -2.24. The van der Waals surface area contributed by atoms with E-state index in [9.17, 15) is 13.2 Å². The van der Waals surface area contributed by atoms with E-state index in [0.29, 0.717) is 25.3 Å². The Labute approximate surface area is 97.2 Å². The lowest BCUT2D eigenvalue weighted by Crippen LogP contribution is -2.35. The van der Waals surface area contributed by atoms with Crippen LogP contribution in [0.3, 0.4) is 0 Å². The number of ether oxygens (including phenoxy) is 1. The fourth-order valence-electron chi connectivity index (χ4n) is 1.64. The maximum atomic E-state index is 13.3. The molecule has 0 radical (unpaired) electrons. The van der Waals surface area contributed by atoms with Crippen molar-refractivity contribution in [2.75, 3.05) is 19.8 Å². The average molecular weight is 254 g/mol. The van der Waals surface area contributed by atoms with Crippen molar-refractivity contribution in [3.05, 3.63) is 35.1 Å². The Balaban J connectivity index is 0.00000128. The zero-order valence-corrected chi connectivity index (χ0v) is 9.12. The second-order valence-corrected chi connectivity index (χ2v) is 3.36. The molecule has 0 aromatic heterocycles. The Morgan fingerprint density at radius 3 is 2.31 bits per heavy atom. The first-order valence-corrected chi connectivity index (χ1v) is 4.64. The molecular weight excluding hydrogens is 243 g/mol. The molecule has 1 N–H and O–H groups in total. The fraction of sp³-hybridized carbons (Fsp3) is 0.400. The Kier molecular flexibility index (Phi) is 4.58. The van der Waals surface area contributed by atoms with Crippen LogP contribution in [0.25, 0.3) is 0 Å². The number of benzene rings is 1. The Morgan fingerprint density at radius 1 is 1.19 bits per heavy atom. The molecule has 1 atom stereocenters. The molecule has 1 aromatic carbocycles. The minimum atomic E-state index is -0.912. The van der Waals surface area contributed by atoms with E-state index in [1.807, 2.05) is 0 Å². The van der Waals surface area contributed by atoms with Crippen LogP contribution in [0, 0.1) is 17.5 Å². The van der Waals surface area contributed by atoms with E-state index in [1.165, 1.54) is 0 Å². The number of hydrogen-bond acceptors (Lipinski definition) is 2. The molecule has 0 amide bonds. The minimum absolute atomic E-state index is 0. The molecule has 1 aliphatic rings. The molecule has 0 bridgehead atoms. The number of nitrogens with one attached hydrogen (secondary N) is 1. The summed E-state index contributed by atoms with van der Waals surface area (Å²) in [6.45, 7) is 1.24. The van der Waals surface area contributed by atoms with Gasteiger partial charge in [-0.25, -0.2) is 13.2 Å². The van der Waals surface area contributed by atoms with Gasteiger partial charge < -0.3 is 10.1 Å². The maximum Gasteiger partial charge on any atom is 0.133 e. The van der Waals surface area contributed by atoms with Gasteiger partial charge in [-0.05, 0) is 0 Å². The van der Waals surface area contributed by atoms with E-state index in [0.717, 1.165) is 0 Å². The van der Waals surface area contributed by atoms with Crippen molar-refractivity contribution in [1.29, 1.82) is 0 Å². The number of hydrogen-bond donors (Lipinski definition) is 1. The van der Waals surface area contributed by atoms with Crippen molar-refractivity contribution < 1.29 is 17.9 Å². The van der Waals surface area contributed by atoms with Crippen molar-refractivity contribution in [2.45, 2.75) is 6.04 Å². The summed E-state index contributed by atoms with van der Waals surface area (Å²) >= 11 is 0. The summed E-state index contributed by atoms with van der Waals surface area (Å²) in [6, 6.07) is 0.808.